The van der Waals surface area contributed by atoms with E-state index in [1.807, 2.05) is 5.38 Å². The van der Waals surface area contributed by atoms with E-state index in [1.165, 1.54) is 6.92 Å². The minimum Gasteiger partial charge on any atom is -0.345 e. The van der Waals surface area contributed by atoms with E-state index in [-0.39, 0.29) is 11.8 Å². The van der Waals surface area contributed by atoms with Crippen LogP contribution in [-0.2, 0) is 9.59 Å². The quantitative estimate of drug-likeness (QED) is 0.836. The molecule has 0 radical (unpaired) electrons. The molecule has 1 N–H and O–H groups in total. The number of thiazole rings is 1. The van der Waals surface area contributed by atoms with Crippen LogP contribution < -0.4 is 10.2 Å². The summed E-state index contributed by atoms with van der Waals surface area (Å²) >= 11 is 1.61. The Morgan fingerprint density at radius 3 is 2.48 bits per heavy atom. The normalized spacial score (nSPS) is 13.8. The summed E-state index contributed by atoms with van der Waals surface area (Å²) in [6.07, 6.45) is 1.79. The van der Waals surface area contributed by atoms with Gasteiger partial charge in [0.1, 0.15) is 0 Å². The fraction of sp³-hybridized carbons (Fsp3) is 0.278. The van der Waals surface area contributed by atoms with Crippen LogP contribution >= 0.6 is 11.3 Å². The van der Waals surface area contributed by atoms with Crippen molar-refractivity contribution in [2.24, 2.45) is 0 Å². The topological polar surface area (TPSA) is 65.5 Å². The minimum atomic E-state index is -0.162. The van der Waals surface area contributed by atoms with Crippen molar-refractivity contribution in [3.63, 3.8) is 0 Å². The van der Waals surface area contributed by atoms with Crippen LogP contribution in [0.25, 0.3) is 0 Å². The second kappa shape index (κ2) is 7.81. The van der Waals surface area contributed by atoms with Crippen molar-refractivity contribution in [2.45, 2.75) is 6.92 Å². The van der Waals surface area contributed by atoms with Gasteiger partial charge in [0.2, 0.25) is 5.91 Å². The molecule has 25 heavy (non-hydrogen) atoms. The summed E-state index contributed by atoms with van der Waals surface area (Å²) in [5, 5.41) is 5.64. The lowest BCUT2D eigenvalue weighted by atomic mass is 10.2. The molecule has 0 spiro atoms. The largest absolute Gasteiger partial charge is 0.345 e. The van der Waals surface area contributed by atoms with Gasteiger partial charge in [-0.1, -0.05) is 5.92 Å². The van der Waals surface area contributed by atoms with Gasteiger partial charge in [-0.3, -0.25) is 9.59 Å². The highest BCUT2D eigenvalue weighted by molar-refractivity contribution is 7.13. The van der Waals surface area contributed by atoms with Crippen molar-refractivity contribution >= 4 is 34.0 Å². The Labute approximate surface area is 150 Å². The Morgan fingerprint density at radius 1 is 1.16 bits per heavy atom. The number of hydrogen-bond acceptors (Lipinski definition) is 5. The number of benzene rings is 1. The Hall–Kier alpha value is -2.85. The molecular formula is C18H18N4O2S. The molecule has 1 aliphatic rings. The van der Waals surface area contributed by atoms with Gasteiger partial charge in [0.05, 0.1) is 0 Å². The van der Waals surface area contributed by atoms with E-state index >= 15 is 0 Å². The van der Waals surface area contributed by atoms with Crippen LogP contribution in [0, 0.1) is 11.8 Å². The van der Waals surface area contributed by atoms with Gasteiger partial charge in [-0.05, 0) is 24.3 Å². The second-order valence-electron chi connectivity index (χ2n) is 5.60. The maximum absolute atomic E-state index is 12.2. The predicted octanol–water partition coefficient (Wildman–Crippen LogP) is 1.80. The molecule has 1 aromatic carbocycles. The highest BCUT2D eigenvalue weighted by atomic mass is 32.1. The van der Waals surface area contributed by atoms with E-state index in [4.69, 9.17) is 0 Å². The van der Waals surface area contributed by atoms with Gasteiger partial charge in [0.15, 0.2) is 5.13 Å². The molecule has 7 heteroatoms. The number of anilines is 2. The van der Waals surface area contributed by atoms with E-state index in [9.17, 15) is 9.59 Å². The molecule has 0 saturated carbocycles. The maximum Gasteiger partial charge on any atom is 0.298 e. The first-order valence-electron chi connectivity index (χ1n) is 7.95. The van der Waals surface area contributed by atoms with Gasteiger partial charge in [0, 0.05) is 61.9 Å². The van der Waals surface area contributed by atoms with Gasteiger partial charge >= 0.3 is 0 Å². The SMILES string of the molecule is CC(=O)Nc1ccc(C#CC(=O)N2CCN(c3nccs3)CC2)cc1. The predicted molar refractivity (Wildman–Crippen MR) is 98.5 cm³/mol. The van der Waals surface area contributed by atoms with Crippen molar-refractivity contribution in [2.75, 3.05) is 36.4 Å². The number of carbonyl (C=O) groups is 2. The third-order valence-electron chi connectivity index (χ3n) is 3.78. The van der Waals surface area contributed by atoms with Crippen LogP contribution in [0.2, 0.25) is 0 Å². The van der Waals surface area contributed by atoms with E-state index in [2.05, 4.69) is 27.0 Å². The molecule has 128 valence electrons. The molecule has 0 aliphatic carbocycles. The van der Waals surface area contributed by atoms with Gasteiger partial charge < -0.3 is 15.1 Å². The number of hydrogen-bond donors (Lipinski definition) is 1. The molecule has 2 aromatic rings. The van der Waals surface area contributed by atoms with Crippen molar-refractivity contribution < 1.29 is 9.59 Å². The van der Waals surface area contributed by atoms with E-state index in [1.54, 1.807) is 46.7 Å². The van der Waals surface area contributed by atoms with Gasteiger partial charge in [0.25, 0.3) is 5.91 Å². The highest BCUT2D eigenvalue weighted by Gasteiger charge is 2.21. The molecule has 6 nitrogen and oxygen atoms in total. The standard InChI is InChI=1S/C18H18N4O2S/c1-14(23)20-16-5-2-15(3-6-16)4-7-17(24)21-9-11-22(12-10-21)18-19-8-13-25-18/h2-3,5-6,8,13H,9-12H2,1H3,(H,20,23). The maximum atomic E-state index is 12.2. The third kappa shape index (κ3) is 4.58. The lowest BCUT2D eigenvalue weighted by molar-refractivity contribution is -0.125. The molecule has 0 bridgehead atoms. The minimum absolute atomic E-state index is 0.120. The van der Waals surface area contributed by atoms with Crippen LogP contribution in [0.3, 0.4) is 0 Å². The van der Waals surface area contributed by atoms with E-state index < -0.39 is 0 Å². The summed E-state index contributed by atoms with van der Waals surface area (Å²) in [4.78, 5) is 31.5. The first-order valence-corrected chi connectivity index (χ1v) is 8.83. The molecule has 3 rings (SSSR count). The lowest BCUT2D eigenvalue weighted by Crippen LogP contribution is -2.48. The first kappa shape index (κ1) is 17.0. The average Bonchev–Trinajstić information content (AvgIpc) is 3.15. The summed E-state index contributed by atoms with van der Waals surface area (Å²) in [5.41, 5.74) is 1.45. The fourth-order valence-electron chi connectivity index (χ4n) is 2.52. The molecule has 2 heterocycles. The Bertz CT molecular complexity index is 798. The lowest BCUT2D eigenvalue weighted by Gasteiger charge is -2.33. The molecule has 2 amide bonds. The van der Waals surface area contributed by atoms with Crippen LogP contribution in [0.1, 0.15) is 12.5 Å². The molecule has 1 aliphatic heterocycles. The van der Waals surface area contributed by atoms with Crippen molar-refractivity contribution in [3.8, 4) is 11.8 Å². The molecule has 1 fully saturated rings. The number of nitrogens with zero attached hydrogens (tertiary/aromatic N) is 3. The van der Waals surface area contributed by atoms with Crippen LogP contribution in [-0.4, -0.2) is 47.9 Å². The Balaban J connectivity index is 1.55. The molecule has 1 aromatic heterocycles. The summed E-state index contributed by atoms with van der Waals surface area (Å²) in [7, 11) is 0. The van der Waals surface area contributed by atoms with E-state index in [0.29, 0.717) is 18.8 Å². The number of amides is 2. The number of aromatic nitrogens is 1. The smallest absolute Gasteiger partial charge is 0.298 e. The Kier molecular flexibility index (Phi) is 5.31. The van der Waals surface area contributed by atoms with E-state index in [0.717, 1.165) is 23.8 Å². The third-order valence-corrected chi connectivity index (χ3v) is 4.61. The van der Waals surface area contributed by atoms with Gasteiger partial charge in [-0.2, -0.15) is 0 Å². The molecular weight excluding hydrogens is 336 g/mol. The molecule has 1 saturated heterocycles. The number of nitrogens with one attached hydrogen (secondary N) is 1. The van der Waals surface area contributed by atoms with Crippen LogP contribution in [0.5, 0.6) is 0 Å². The zero-order valence-corrected chi connectivity index (χ0v) is 14.7. The number of rotatable bonds is 2. The zero-order chi connectivity index (χ0) is 17.6. The molecule has 0 atom stereocenters. The second-order valence-corrected chi connectivity index (χ2v) is 6.48. The summed E-state index contributed by atoms with van der Waals surface area (Å²) < 4.78 is 0. The monoisotopic (exact) mass is 354 g/mol. The summed E-state index contributed by atoms with van der Waals surface area (Å²) in [6, 6.07) is 7.10. The van der Waals surface area contributed by atoms with Crippen LogP contribution in [0.15, 0.2) is 35.8 Å². The van der Waals surface area contributed by atoms with Crippen molar-refractivity contribution in [1.82, 2.24) is 9.88 Å². The van der Waals surface area contributed by atoms with Crippen molar-refractivity contribution in [1.29, 1.82) is 0 Å². The average molecular weight is 354 g/mol. The van der Waals surface area contributed by atoms with Gasteiger partial charge in [-0.25, -0.2) is 4.98 Å². The summed E-state index contributed by atoms with van der Waals surface area (Å²) in [5.74, 6) is 5.30. The number of piperazine rings is 1. The molecule has 0 unspecified atom stereocenters. The zero-order valence-electron chi connectivity index (χ0n) is 13.9. The number of carbonyl (C=O) groups excluding carboxylic acids is 2. The first-order chi connectivity index (χ1) is 12.1. The highest BCUT2D eigenvalue weighted by Crippen LogP contribution is 2.18. The van der Waals surface area contributed by atoms with Crippen LogP contribution in [0.4, 0.5) is 10.8 Å². The summed E-state index contributed by atoms with van der Waals surface area (Å²) in [6.45, 7) is 4.29. The fourth-order valence-corrected chi connectivity index (χ4v) is 3.21. The van der Waals surface area contributed by atoms with Gasteiger partial charge in [-0.15, -0.1) is 11.3 Å². The van der Waals surface area contributed by atoms with Crippen molar-refractivity contribution in [3.05, 3.63) is 41.4 Å². The Morgan fingerprint density at radius 2 is 1.88 bits per heavy atom.